The first-order valence-corrected chi connectivity index (χ1v) is 14.0. The molecule has 2 aromatic carbocycles. The summed E-state index contributed by atoms with van der Waals surface area (Å²) in [5, 5.41) is 13.0. The highest BCUT2D eigenvalue weighted by Crippen LogP contribution is 2.35. The number of hydrogen-bond acceptors (Lipinski definition) is 4. The molecule has 2 unspecified atom stereocenters. The van der Waals surface area contributed by atoms with Gasteiger partial charge in [0.25, 0.3) is 0 Å². The van der Waals surface area contributed by atoms with Crippen LogP contribution in [-0.4, -0.2) is 34.5 Å². The van der Waals surface area contributed by atoms with Crippen LogP contribution >= 0.6 is 0 Å². The number of likely N-dealkylation sites (N-methyl/N-ethyl adjacent to an activating group) is 1. The van der Waals surface area contributed by atoms with Crippen LogP contribution in [0.4, 0.5) is 0 Å². The maximum absolute atomic E-state index is 10.5. The molecule has 0 radical (unpaired) electrons. The molecule has 0 aliphatic carbocycles. The third kappa shape index (κ3) is 7.28. The largest absolute Gasteiger partial charge is 0.463 e. The summed E-state index contributed by atoms with van der Waals surface area (Å²) in [5.41, 5.74) is 4.75. The molecule has 206 valence electrons. The molecule has 0 saturated carbocycles. The SMILES string of the molecule is CCCC1OCc2c(CO)c(C[N+](C)(C/C=C/C#CC(C)(C)C)Cc3cccc4ccccc34)nc(C)c2O1. The van der Waals surface area contributed by atoms with E-state index < -0.39 is 0 Å². The van der Waals surface area contributed by atoms with Crippen LogP contribution in [0.2, 0.25) is 0 Å². The van der Waals surface area contributed by atoms with Crippen molar-refractivity contribution in [2.24, 2.45) is 5.41 Å². The lowest BCUT2D eigenvalue weighted by atomic mass is 9.98. The number of hydrogen-bond donors (Lipinski definition) is 1. The summed E-state index contributed by atoms with van der Waals surface area (Å²) in [4.78, 5) is 5.01. The standard InChI is InChI=1S/C34H43N2O3/c1-7-14-32-38-24-30-29(23-37)31(35-25(2)33(30)39-32)22-36(6,20-12-8-11-19-34(3,4)5)21-27-17-13-16-26-15-9-10-18-28(26)27/h8-10,12-13,15-18,32,37H,7,14,20-24H2,1-6H3/q+1/b12-8+. The van der Waals surface area contributed by atoms with E-state index in [1.807, 2.05) is 13.0 Å². The van der Waals surface area contributed by atoms with Crippen molar-refractivity contribution < 1.29 is 19.1 Å². The maximum atomic E-state index is 10.5. The van der Waals surface area contributed by atoms with Crippen LogP contribution in [0.1, 0.15) is 68.6 Å². The molecule has 0 bridgehead atoms. The van der Waals surface area contributed by atoms with Crippen LogP contribution in [0.5, 0.6) is 5.75 Å². The summed E-state index contributed by atoms with van der Waals surface area (Å²) >= 11 is 0. The van der Waals surface area contributed by atoms with Gasteiger partial charge in [0.05, 0.1) is 32.5 Å². The van der Waals surface area contributed by atoms with E-state index in [0.717, 1.165) is 54.2 Å². The van der Waals surface area contributed by atoms with Gasteiger partial charge in [0.2, 0.25) is 0 Å². The number of allylic oxidation sites excluding steroid dienone is 1. The number of benzene rings is 2. The lowest BCUT2D eigenvalue weighted by Gasteiger charge is -2.35. The molecule has 2 atom stereocenters. The summed E-state index contributed by atoms with van der Waals surface area (Å²) < 4.78 is 12.8. The van der Waals surface area contributed by atoms with Gasteiger partial charge in [0, 0.05) is 28.5 Å². The van der Waals surface area contributed by atoms with Gasteiger partial charge < -0.3 is 19.1 Å². The zero-order valence-corrected chi connectivity index (χ0v) is 24.4. The van der Waals surface area contributed by atoms with E-state index in [-0.39, 0.29) is 18.3 Å². The second-order valence-electron chi connectivity index (χ2n) is 11.9. The number of rotatable bonds is 9. The molecule has 0 spiro atoms. The lowest BCUT2D eigenvalue weighted by molar-refractivity contribution is -0.930. The molecule has 3 aromatic rings. The van der Waals surface area contributed by atoms with E-state index in [1.165, 1.54) is 16.3 Å². The van der Waals surface area contributed by atoms with E-state index in [2.05, 4.69) is 95.1 Å². The highest BCUT2D eigenvalue weighted by atomic mass is 16.7. The average Bonchev–Trinajstić information content (AvgIpc) is 2.89. The highest BCUT2D eigenvalue weighted by Gasteiger charge is 2.30. The van der Waals surface area contributed by atoms with E-state index in [4.69, 9.17) is 14.5 Å². The Labute approximate surface area is 234 Å². The number of aromatic nitrogens is 1. The van der Waals surface area contributed by atoms with Crippen molar-refractivity contribution in [3.05, 3.63) is 82.7 Å². The van der Waals surface area contributed by atoms with Crippen molar-refractivity contribution in [2.45, 2.75) is 80.1 Å². The number of aliphatic hydroxyl groups is 1. The van der Waals surface area contributed by atoms with Gasteiger partial charge in [-0.25, -0.2) is 4.98 Å². The summed E-state index contributed by atoms with van der Waals surface area (Å²) in [6, 6.07) is 15.1. The highest BCUT2D eigenvalue weighted by molar-refractivity contribution is 5.85. The quantitative estimate of drug-likeness (QED) is 0.245. The zero-order valence-electron chi connectivity index (χ0n) is 24.4. The van der Waals surface area contributed by atoms with Gasteiger partial charge >= 0.3 is 0 Å². The Balaban J connectivity index is 1.70. The van der Waals surface area contributed by atoms with Crippen molar-refractivity contribution in [2.75, 3.05) is 13.6 Å². The van der Waals surface area contributed by atoms with E-state index in [0.29, 0.717) is 17.6 Å². The smallest absolute Gasteiger partial charge is 0.200 e. The predicted molar refractivity (Wildman–Crippen MR) is 158 cm³/mol. The summed E-state index contributed by atoms with van der Waals surface area (Å²) in [7, 11) is 2.26. The van der Waals surface area contributed by atoms with Gasteiger partial charge in [0.1, 0.15) is 24.5 Å². The van der Waals surface area contributed by atoms with Crippen molar-refractivity contribution in [3.8, 4) is 17.6 Å². The number of ether oxygens (including phenoxy) is 2. The van der Waals surface area contributed by atoms with Crippen LogP contribution in [0.15, 0.2) is 54.6 Å². The normalized spacial score (nSPS) is 16.8. The minimum absolute atomic E-state index is 0.0354. The molecule has 0 fully saturated rings. The summed E-state index contributed by atoms with van der Waals surface area (Å²) in [6.45, 7) is 13.0. The van der Waals surface area contributed by atoms with Crippen LogP contribution < -0.4 is 4.74 Å². The van der Waals surface area contributed by atoms with Crippen LogP contribution in [0, 0.1) is 24.2 Å². The van der Waals surface area contributed by atoms with E-state index in [1.54, 1.807) is 0 Å². The Hall–Kier alpha value is -3.17. The number of nitrogens with zero attached hydrogens (tertiary/aromatic N) is 2. The minimum atomic E-state index is -0.257. The third-order valence-electron chi connectivity index (χ3n) is 7.12. The molecule has 0 saturated heterocycles. The van der Waals surface area contributed by atoms with E-state index >= 15 is 0 Å². The second kappa shape index (κ2) is 12.3. The molecule has 2 heterocycles. The van der Waals surface area contributed by atoms with Gasteiger partial charge in [-0.05, 0) is 50.6 Å². The Bertz CT molecular complexity index is 1390. The second-order valence-corrected chi connectivity index (χ2v) is 11.9. The predicted octanol–water partition coefficient (Wildman–Crippen LogP) is 6.82. The molecule has 5 nitrogen and oxygen atoms in total. The zero-order chi connectivity index (χ0) is 28.0. The third-order valence-corrected chi connectivity index (χ3v) is 7.12. The van der Waals surface area contributed by atoms with Gasteiger partial charge in [-0.15, -0.1) is 0 Å². The molecule has 1 N–H and O–H groups in total. The van der Waals surface area contributed by atoms with Crippen LogP contribution in [0.3, 0.4) is 0 Å². The molecular weight excluding hydrogens is 484 g/mol. The number of aryl methyl sites for hydroxylation is 1. The molecule has 1 aliphatic rings. The van der Waals surface area contributed by atoms with Gasteiger partial charge in [-0.3, -0.25) is 0 Å². The minimum Gasteiger partial charge on any atom is -0.463 e. The fourth-order valence-electron chi connectivity index (χ4n) is 5.21. The average molecular weight is 528 g/mol. The van der Waals surface area contributed by atoms with Crippen molar-refractivity contribution in [1.82, 2.24) is 4.98 Å². The fraction of sp³-hybridized carbons (Fsp3) is 0.441. The molecule has 4 rings (SSSR count). The molecule has 0 amide bonds. The van der Waals surface area contributed by atoms with E-state index in [9.17, 15) is 5.11 Å². The van der Waals surface area contributed by atoms with Crippen molar-refractivity contribution in [1.29, 1.82) is 0 Å². The van der Waals surface area contributed by atoms with Gasteiger partial charge in [0.15, 0.2) is 6.29 Å². The van der Waals surface area contributed by atoms with Crippen molar-refractivity contribution in [3.63, 3.8) is 0 Å². The number of fused-ring (bicyclic) bond motifs is 2. The monoisotopic (exact) mass is 527 g/mol. The summed E-state index contributed by atoms with van der Waals surface area (Å²) in [5.74, 6) is 7.27. The topological polar surface area (TPSA) is 51.6 Å². The van der Waals surface area contributed by atoms with Gasteiger partial charge in [-0.1, -0.05) is 67.6 Å². The Morgan fingerprint density at radius 2 is 1.90 bits per heavy atom. The Morgan fingerprint density at radius 1 is 1.13 bits per heavy atom. The molecule has 39 heavy (non-hydrogen) atoms. The number of pyridine rings is 1. The Morgan fingerprint density at radius 3 is 2.64 bits per heavy atom. The molecule has 1 aromatic heterocycles. The lowest BCUT2D eigenvalue weighted by Crippen LogP contribution is -2.43. The van der Waals surface area contributed by atoms with Gasteiger partial charge in [-0.2, -0.15) is 0 Å². The van der Waals surface area contributed by atoms with Crippen molar-refractivity contribution >= 4 is 10.8 Å². The molecular formula is C34H43N2O3+. The maximum Gasteiger partial charge on any atom is 0.200 e. The number of quaternary nitrogens is 1. The molecule has 1 aliphatic heterocycles. The van der Waals surface area contributed by atoms with Crippen LogP contribution in [0.25, 0.3) is 10.8 Å². The van der Waals surface area contributed by atoms with Crippen LogP contribution in [-0.2, 0) is 31.0 Å². The number of aliphatic hydroxyl groups excluding tert-OH is 1. The first-order chi connectivity index (χ1) is 18.6. The first kappa shape index (κ1) is 28.8. The molecule has 5 heteroatoms. The fourth-order valence-corrected chi connectivity index (χ4v) is 5.21. The Kier molecular flexibility index (Phi) is 9.12. The first-order valence-electron chi connectivity index (χ1n) is 14.0. The summed E-state index contributed by atoms with van der Waals surface area (Å²) in [6.07, 6.45) is 5.69.